The van der Waals surface area contributed by atoms with E-state index < -0.39 is 12.2 Å². The zero-order valence-corrected chi connectivity index (χ0v) is 7.26. The van der Waals surface area contributed by atoms with Gasteiger partial charge in [-0.15, -0.1) is 0 Å². The van der Waals surface area contributed by atoms with E-state index in [1.807, 2.05) is 0 Å². The van der Waals surface area contributed by atoms with Crippen LogP contribution in [-0.4, -0.2) is 16.9 Å². The standard InChI is InChI=1S/C4H9Cl2OP/c1-4(2,7)3-8(5)6/h7H,3H2,1-2H3. The van der Waals surface area contributed by atoms with Crippen LogP contribution in [-0.2, 0) is 0 Å². The maximum absolute atomic E-state index is 9.04. The zero-order chi connectivity index (χ0) is 6.78. The molecule has 0 aromatic rings. The van der Waals surface area contributed by atoms with E-state index in [9.17, 15) is 0 Å². The maximum atomic E-state index is 9.04. The molecule has 0 aliphatic rings. The van der Waals surface area contributed by atoms with Crippen LogP contribution in [0.15, 0.2) is 0 Å². The number of aliphatic hydroxyl groups is 1. The van der Waals surface area contributed by atoms with Gasteiger partial charge in [0.15, 0.2) is 0 Å². The molecule has 0 aromatic heterocycles. The van der Waals surface area contributed by atoms with Crippen LogP contribution in [0.4, 0.5) is 0 Å². The molecule has 0 fully saturated rings. The van der Waals surface area contributed by atoms with Crippen molar-refractivity contribution in [2.75, 3.05) is 6.16 Å². The summed E-state index contributed by atoms with van der Waals surface area (Å²) < 4.78 is 0. The van der Waals surface area contributed by atoms with Crippen LogP contribution in [0.5, 0.6) is 0 Å². The first-order valence-electron chi connectivity index (χ1n) is 2.23. The molecule has 50 valence electrons. The largest absolute Gasteiger partial charge is 0.390 e. The van der Waals surface area contributed by atoms with Crippen molar-refractivity contribution in [3.63, 3.8) is 0 Å². The predicted octanol–water partition coefficient (Wildman–Crippen LogP) is 2.55. The molecular weight excluding hydrogens is 166 g/mol. The number of rotatable bonds is 2. The molecule has 4 heteroatoms. The minimum Gasteiger partial charge on any atom is -0.390 e. The van der Waals surface area contributed by atoms with Crippen molar-refractivity contribution >= 4 is 29.1 Å². The molecule has 1 nitrogen and oxygen atoms in total. The van der Waals surface area contributed by atoms with E-state index in [-0.39, 0.29) is 0 Å². The summed E-state index contributed by atoms with van der Waals surface area (Å²) in [6, 6.07) is 0. The van der Waals surface area contributed by atoms with Gasteiger partial charge in [-0.05, 0) is 13.8 Å². The lowest BCUT2D eigenvalue weighted by Gasteiger charge is -2.16. The Hall–Kier alpha value is 0.970. The fourth-order valence-electron chi connectivity index (χ4n) is 0.292. The molecule has 0 aromatic carbocycles. The van der Waals surface area contributed by atoms with Crippen molar-refractivity contribution in [3.8, 4) is 0 Å². The highest BCUT2D eigenvalue weighted by molar-refractivity contribution is 8.03. The van der Waals surface area contributed by atoms with Crippen LogP contribution in [0.2, 0.25) is 0 Å². The van der Waals surface area contributed by atoms with Gasteiger partial charge in [0.1, 0.15) is 0 Å². The summed E-state index contributed by atoms with van der Waals surface area (Å²) in [5.41, 5.74) is -0.713. The summed E-state index contributed by atoms with van der Waals surface area (Å²) in [5.74, 6) is 0. The number of hydrogen-bond acceptors (Lipinski definition) is 1. The summed E-state index contributed by atoms with van der Waals surface area (Å²) in [6.07, 6.45) is 0.478. The molecule has 0 bridgehead atoms. The lowest BCUT2D eigenvalue weighted by Crippen LogP contribution is -2.21. The molecular formula is C4H9Cl2OP. The molecule has 0 amide bonds. The Labute approximate surface area is 60.3 Å². The molecule has 1 N–H and O–H groups in total. The Balaban J connectivity index is 3.39. The second-order valence-electron chi connectivity index (χ2n) is 2.27. The van der Waals surface area contributed by atoms with E-state index in [1.165, 1.54) is 0 Å². The van der Waals surface area contributed by atoms with Gasteiger partial charge < -0.3 is 5.11 Å². The maximum Gasteiger partial charge on any atom is 0.0883 e. The van der Waals surface area contributed by atoms with Gasteiger partial charge in [-0.3, -0.25) is 0 Å². The van der Waals surface area contributed by atoms with Gasteiger partial charge in [0.05, 0.1) is 12.2 Å². The lowest BCUT2D eigenvalue weighted by molar-refractivity contribution is 0.106. The molecule has 8 heavy (non-hydrogen) atoms. The summed E-state index contributed by atoms with van der Waals surface area (Å²) >= 11 is 10.9. The van der Waals surface area contributed by atoms with E-state index >= 15 is 0 Å². The second kappa shape index (κ2) is 3.22. The average Bonchev–Trinajstić information content (AvgIpc) is 1.21. The molecule has 0 aliphatic carbocycles. The molecule has 0 atom stereocenters. The normalized spacial score (nSPS) is 12.8. The van der Waals surface area contributed by atoms with Gasteiger partial charge in [-0.1, -0.05) is 22.5 Å². The van der Waals surface area contributed by atoms with Crippen molar-refractivity contribution in [1.29, 1.82) is 0 Å². The van der Waals surface area contributed by atoms with Crippen molar-refractivity contribution in [1.82, 2.24) is 0 Å². The quantitative estimate of drug-likeness (QED) is 0.639. The van der Waals surface area contributed by atoms with Gasteiger partial charge in [0.2, 0.25) is 0 Å². The van der Waals surface area contributed by atoms with Crippen molar-refractivity contribution in [3.05, 3.63) is 0 Å². The van der Waals surface area contributed by atoms with Crippen LogP contribution >= 0.6 is 29.1 Å². The Morgan fingerprint density at radius 3 is 1.88 bits per heavy atom. The Morgan fingerprint density at radius 1 is 1.50 bits per heavy atom. The lowest BCUT2D eigenvalue weighted by atomic mass is 10.2. The van der Waals surface area contributed by atoms with Gasteiger partial charge in [0.25, 0.3) is 0 Å². The molecule has 0 aliphatic heterocycles. The summed E-state index contributed by atoms with van der Waals surface area (Å²) in [7, 11) is 0. The van der Waals surface area contributed by atoms with Crippen LogP contribution in [0.1, 0.15) is 13.8 Å². The van der Waals surface area contributed by atoms with Crippen molar-refractivity contribution < 1.29 is 5.11 Å². The molecule has 0 saturated carbocycles. The molecule has 0 unspecified atom stereocenters. The van der Waals surface area contributed by atoms with Crippen LogP contribution < -0.4 is 0 Å². The zero-order valence-electron chi connectivity index (χ0n) is 4.86. The predicted molar refractivity (Wildman–Crippen MR) is 39.8 cm³/mol. The fourth-order valence-corrected chi connectivity index (χ4v) is 2.63. The number of hydrogen-bond donors (Lipinski definition) is 1. The highest BCUT2D eigenvalue weighted by Crippen LogP contribution is 2.48. The van der Waals surface area contributed by atoms with Crippen LogP contribution in [0.25, 0.3) is 0 Å². The molecule has 0 radical (unpaired) electrons. The van der Waals surface area contributed by atoms with Crippen molar-refractivity contribution in [2.45, 2.75) is 19.4 Å². The van der Waals surface area contributed by atoms with E-state index in [4.69, 9.17) is 27.6 Å². The Bertz CT molecular complexity index is 68.9. The third-order valence-corrected chi connectivity index (χ3v) is 2.24. The van der Waals surface area contributed by atoms with E-state index in [1.54, 1.807) is 13.8 Å². The Kier molecular flexibility index (Phi) is 3.61. The van der Waals surface area contributed by atoms with Gasteiger partial charge >= 0.3 is 0 Å². The minimum absolute atomic E-state index is 0.478. The van der Waals surface area contributed by atoms with Gasteiger partial charge in [-0.2, -0.15) is 0 Å². The topological polar surface area (TPSA) is 20.2 Å². The van der Waals surface area contributed by atoms with E-state index in [0.29, 0.717) is 6.16 Å². The highest BCUT2D eigenvalue weighted by atomic mass is 35.9. The van der Waals surface area contributed by atoms with Crippen molar-refractivity contribution in [2.24, 2.45) is 0 Å². The van der Waals surface area contributed by atoms with Crippen LogP contribution in [0, 0.1) is 0 Å². The highest BCUT2D eigenvalue weighted by Gasteiger charge is 2.16. The first-order valence-corrected chi connectivity index (χ1v) is 5.57. The molecule has 0 rings (SSSR count). The van der Waals surface area contributed by atoms with Gasteiger partial charge in [0, 0.05) is 6.16 Å². The number of halogens is 2. The SMILES string of the molecule is CC(C)(O)CP(Cl)Cl. The first kappa shape index (κ1) is 8.97. The smallest absolute Gasteiger partial charge is 0.0883 e. The second-order valence-corrected chi connectivity index (χ2v) is 6.16. The molecule has 0 spiro atoms. The molecule has 0 saturated heterocycles. The first-order chi connectivity index (χ1) is 3.42. The fraction of sp³-hybridized carbons (Fsp3) is 1.00. The average molecular weight is 175 g/mol. The van der Waals surface area contributed by atoms with E-state index in [0.717, 1.165) is 0 Å². The third-order valence-electron chi connectivity index (χ3n) is 0.506. The van der Waals surface area contributed by atoms with E-state index in [2.05, 4.69) is 0 Å². The third kappa shape index (κ3) is 6.97. The summed E-state index contributed by atoms with van der Waals surface area (Å²) in [5, 5.41) is 9.04. The minimum atomic E-state index is -0.994. The summed E-state index contributed by atoms with van der Waals surface area (Å²) in [4.78, 5) is 0. The molecule has 0 heterocycles. The summed E-state index contributed by atoms with van der Waals surface area (Å²) in [6.45, 7) is 2.38. The monoisotopic (exact) mass is 174 g/mol. The Morgan fingerprint density at radius 2 is 1.88 bits per heavy atom. The van der Waals surface area contributed by atoms with Gasteiger partial charge in [-0.25, -0.2) is 0 Å². The van der Waals surface area contributed by atoms with Crippen LogP contribution in [0.3, 0.4) is 0 Å².